The van der Waals surface area contributed by atoms with Crippen molar-refractivity contribution in [2.75, 3.05) is 6.61 Å². The highest BCUT2D eigenvalue weighted by molar-refractivity contribution is 5.66. The SMILES string of the molecule is C=CCOc1cc(-c2ccc(C(F)(F)F)cc2)ccc1CC. The Balaban J connectivity index is 2.34. The molecule has 2 aromatic carbocycles. The van der Waals surface area contributed by atoms with E-state index in [-0.39, 0.29) is 0 Å². The van der Waals surface area contributed by atoms with E-state index >= 15 is 0 Å². The molecule has 1 nitrogen and oxygen atoms in total. The Labute approximate surface area is 128 Å². The molecule has 0 aliphatic heterocycles. The van der Waals surface area contributed by atoms with E-state index in [1.165, 1.54) is 12.1 Å². The Bertz CT molecular complexity index is 642. The average Bonchev–Trinajstić information content (AvgIpc) is 2.52. The monoisotopic (exact) mass is 306 g/mol. The van der Waals surface area contributed by atoms with Gasteiger partial charge in [0.15, 0.2) is 0 Å². The van der Waals surface area contributed by atoms with Crippen LogP contribution in [0.25, 0.3) is 11.1 Å². The standard InChI is InChI=1S/C18H17F3O/c1-3-11-22-17-12-15(6-5-13(17)4-2)14-7-9-16(10-8-14)18(19,20)21/h3,5-10,12H,1,4,11H2,2H3. The Hall–Kier alpha value is -2.23. The molecule has 2 aromatic rings. The minimum absolute atomic E-state index is 0.392. The van der Waals surface area contributed by atoms with E-state index < -0.39 is 11.7 Å². The summed E-state index contributed by atoms with van der Waals surface area (Å²) in [7, 11) is 0. The van der Waals surface area contributed by atoms with Crippen LogP contribution in [0.3, 0.4) is 0 Å². The smallest absolute Gasteiger partial charge is 0.416 e. The molecular formula is C18H17F3O. The quantitative estimate of drug-likeness (QED) is 0.663. The van der Waals surface area contributed by atoms with Crippen molar-refractivity contribution in [3.63, 3.8) is 0 Å². The van der Waals surface area contributed by atoms with Crippen LogP contribution in [0.2, 0.25) is 0 Å². The molecule has 0 radical (unpaired) electrons. The molecule has 0 amide bonds. The van der Waals surface area contributed by atoms with E-state index in [0.29, 0.717) is 6.61 Å². The fourth-order valence-corrected chi connectivity index (χ4v) is 2.16. The van der Waals surface area contributed by atoms with Gasteiger partial charge in [-0.1, -0.05) is 43.8 Å². The summed E-state index contributed by atoms with van der Waals surface area (Å²) in [5.41, 5.74) is 1.95. The van der Waals surface area contributed by atoms with Crippen LogP contribution >= 0.6 is 0 Å². The second kappa shape index (κ2) is 6.69. The third-order valence-corrected chi connectivity index (χ3v) is 3.35. The largest absolute Gasteiger partial charge is 0.489 e. The van der Waals surface area contributed by atoms with E-state index in [9.17, 15) is 13.2 Å². The van der Waals surface area contributed by atoms with Crippen LogP contribution in [0.1, 0.15) is 18.1 Å². The molecule has 0 saturated carbocycles. The molecule has 0 aliphatic carbocycles. The number of aryl methyl sites for hydroxylation is 1. The number of hydrogen-bond donors (Lipinski definition) is 0. The normalized spacial score (nSPS) is 11.3. The average molecular weight is 306 g/mol. The number of ether oxygens (including phenoxy) is 1. The Kier molecular flexibility index (Phi) is 4.91. The summed E-state index contributed by atoms with van der Waals surface area (Å²) < 4.78 is 43.4. The summed E-state index contributed by atoms with van der Waals surface area (Å²) in [5, 5.41) is 0. The molecule has 0 N–H and O–H groups in total. The lowest BCUT2D eigenvalue weighted by molar-refractivity contribution is -0.137. The maximum atomic E-state index is 12.6. The predicted molar refractivity (Wildman–Crippen MR) is 82.0 cm³/mol. The van der Waals surface area contributed by atoms with Crippen molar-refractivity contribution < 1.29 is 17.9 Å². The molecule has 4 heteroatoms. The van der Waals surface area contributed by atoms with E-state index in [1.54, 1.807) is 6.08 Å². The van der Waals surface area contributed by atoms with Crippen LogP contribution in [0.5, 0.6) is 5.75 Å². The van der Waals surface area contributed by atoms with Gasteiger partial charge in [-0.2, -0.15) is 13.2 Å². The maximum absolute atomic E-state index is 12.6. The van der Waals surface area contributed by atoms with Gasteiger partial charge in [0.05, 0.1) is 5.56 Å². The molecule has 0 saturated heterocycles. The number of alkyl halides is 3. The van der Waals surface area contributed by atoms with Crippen LogP contribution < -0.4 is 4.74 Å². The van der Waals surface area contributed by atoms with Gasteiger partial charge in [0.2, 0.25) is 0 Å². The van der Waals surface area contributed by atoms with Crippen molar-refractivity contribution in [3.05, 3.63) is 66.2 Å². The maximum Gasteiger partial charge on any atom is 0.416 e. The minimum Gasteiger partial charge on any atom is -0.489 e. The van der Waals surface area contributed by atoms with Gasteiger partial charge in [-0.05, 0) is 41.3 Å². The van der Waals surface area contributed by atoms with E-state index in [4.69, 9.17) is 4.74 Å². The summed E-state index contributed by atoms with van der Waals surface area (Å²) in [5.74, 6) is 0.736. The van der Waals surface area contributed by atoms with E-state index in [2.05, 4.69) is 6.58 Å². The highest BCUT2D eigenvalue weighted by Crippen LogP contribution is 2.32. The lowest BCUT2D eigenvalue weighted by Crippen LogP contribution is -2.04. The van der Waals surface area contributed by atoms with Crippen molar-refractivity contribution in [1.82, 2.24) is 0 Å². The third kappa shape index (κ3) is 3.70. The summed E-state index contributed by atoms with van der Waals surface area (Å²) in [4.78, 5) is 0. The first-order valence-corrected chi connectivity index (χ1v) is 7.00. The first-order chi connectivity index (χ1) is 10.5. The van der Waals surface area contributed by atoms with E-state index in [1.807, 2.05) is 25.1 Å². The molecule has 116 valence electrons. The molecule has 0 aromatic heterocycles. The summed E-state index contributed by atoms with van der Waals surface area (Å²) in [6, 6.07) is 10.8. The first kappa shape index (κ1) is 16.1. The Morgan fingerprint density at radius 3 is 2.23 bits per heavy atom. The fraction of sp³-hybridized carbons (Fsp3) is 0.222. The molecule has 0 unspecified atom stereocenters. The van der Waals surface area contributed by atoms with Crippen molar-refractivity contribution in [1.29, 1.82) is 0 Å². The van der Waals surface area contributed by atoms with Gasteiger partial charge < -0.3 is 4.74 Å². The number of halogens is 3. The number of rotatable bonds is 5. The van der Waals surface area contributed by atoms with Crippen LogP contribution in [0, 0.1) is 0 Å². The van der Waals surface area contributed by atoms with Crippen LogP contribution in [0.15, 0.2) is 55.1 Å². The van der Waals surface area contributed by atoms with Crippen LogP contribution in [-0.2, 0) is 12.6 Å². The lowest BCUT2D eigenvalue weighted by atomic mass is 10.0. The second-order valence-electron chi connectivity index (χ2n) is 4.85. The van der Waals surface area contributed by atoms with Gasteiger partial charge in [0, 0.05) is 0 Å². The zero-order valence-electron chi connectivity index (χ0n) is 12.3. The lowest BCUT2D eigenvalue weighted by Gasteiger charge is -2.12. The highest BCUT2D eigenvalue weighted by atomic mass is 19.4. The number of benzene rings is 2. The minimum atomic E-state index is -4.32. The van der Waals surface area contributed by atoms with Crippen molar-refractivity contribution >= 4 is 0 Å². The van der Waals surface area contributed by atoms with Gasteiger partial charge in [0.25, 0.3) is 0 Å². The molecule has 0 atom stereocenters. The Morgan fingerprint density at radius 1 is 1.05 bits per heavy atom. The molecule has 0 heterocycles. The van der Waals surface area contributed by atoms with Gasteiger partial charge in [-0.15, -0.1) is 0 Å². The van der Waals surface area contributed by atoms with Gasteiger partial charge in [0.1, 0.15) is 12.4 Å². The molecule has 0 spiro atoms. The van der Waals surface area contributed by atoms with Gasteiger partial charge in [-0.25, -0.2) is 0 Å². The second-order valence-corrected chi connectivity index (χ2v) is 4.85. The molecule has 2 rings (SSSR count). The zero-order valence-corrected chi connectivity index (χ0v) is 12.3. The molecule has 0 fully saturated rings. The molecule has 0 bridgehead atoms. The summed E-state index contributed by atoms with van der Waals surface area (Å²) in [6.07, 6.45) is -1.84. The molecular weight excluding hydrogens is 289 g/mol. The van der Waals surface area contributed by atoms with Gasteiger partial charge in [-0.3, -0.25) is 0 Å². The number of hydrogen-bond acceptors (Lipinski definition) is 1. The van der Waals surface area contributed by atoms with Gasteiger partial charge >= 0.3 is 6.18 Å². The van der Waals surface area contributed by atoms with E-state index in [0.717, 1.165) is 41.0 Å². The molecule has 0 aliphatic rings. The highest BCUT2D eigenvalue weighted by Gasteiger charge is 2.29. The van der Waals surface area contributed by atoms with Crippen LogP contribution in [-0.4, -0.2) is 6.61 Å². The van der Waals surface area contributed by atoms with Crippen molar-refractivity contribution in [2.45, 2.75) is 19.5 Å². The third-order valence-electron chi connectivity index (χ3n) is 3.35. The zero-order chi connectivity index (χ0) is 16.2. The van der Waals surface area contributed by atoms with Crippen LogP contribution in [0.4, 0.5) is 13.2 Å². The first-order valence-electron chi connectivity index (χ1n) is 7.00. The summed E-state index contributed by atoms with van der Waals surface area (Å²) >= 11 is 0. The Morgan fingerprint density at radius 2 is 1.68 bits per heavy atom. The fourth-order valence-electron chi connectivity index (χ4n) is 2.16. The van der Waals surface area contributed by atoms with Crippen molar-refractivity contribution in [3.8, 4) is 16.9 Å². The topological polar surface area (TPSA) is 9.23 Å². The predicted octanol–water partition coefficient (Wildman–Crippen LogP) is 5.50. The summed E-state index contributed by atoms with van der Waals surface area (Å²) in [6.45, 7) is 6.03. The molecule has 22 heavy (non-hydrogen) atoms. The van der Waals surface area contributed by atoms with Crippen molar-refractivity contribution in [2.24, 2.45) is 0 Å².